The maximum Gasteiger partial charge on any atom is 0.143 e. The van der Waals surface area contributed by atoms with E-state index >= 15 is 0 Å². The van der Waals surface area contributed by atoms with Crippen molar-refractivity contribution < 1.29 is 5.11 Å². The second-order valence-electron chi connectivity index (χ2n) is 3.02. The highest BCUT2D eigenvalue weighted by molar-refractivity contribution is 5.50. The molecule has 2 rings (SSSR count). The van der Waals surface area contributed by atoms with Gasteiger partial charge in [0.2, 0.25) is 0 Å². The molecule has 1 N–H and O–H groups in total. The molecule has 0 saturated heterocycles. The van der Waals surface area contributed by atoms with Gasteiger partial charge in [-0.15, -0.1) is 5.11 Å². The quantitative estimate of drug-likeness (QED) is 0.732. The van der Waals surface area contributed by atoms with Crippen molar-refractivity contribution in [2.45, 2.75) is 0 Å². The summed E-state index contributed by atoms with van der Waals surface area (Å²) >= 11 is 0. The molecular weight excluding hydrogens is 188 g/mol. The fourth-order valence-corrected chi connectivity index (χ4v) is 1.15. The molecule has 0 aliphatic heterocycles. The minimum Gasteiger partial charge on any atom is -0.506 e. The number of benzene rings is 2. The van der Waals surface area contributed by atoms with Crippen LogP contribution in [0.5, 0.6) is 5.75 Å². The lowest BCUT2D eigenvalue weighted by molar-refractivity contribution is 0.476. The van der Waals surface area contributed by atoms with Gasteiger partial charge in [-0.3, -0.25) is 0 Å². The summed E-state index contributed by atoms with van der Waals surface area (Å²) in [5.41, 5.74) is 1.24. The van der Waals surface area contributed by atoms with E-state index in [2.05, 4.69) is 10.2 Å². The van der Waals surface area contributed by atoms with Gasteiger partial charge in [-0.25, -0.2) is 0 Å². The van der Waals surface area contributed by atoms with Crippen molar-refractivity contribution >= 4 is 11.4 Å². The molecule has 0 unspecified atom stereocenters. The van der Waals surface area contributed by atoms with Gasteiger partial charge < -0.3 is 5.11 Å². The molecule has 74 valence electrons. The van der Waals surface area contributed by atoms with E-state index < -0.39 is 0 Å². The molecule has 0 heterocycles. The van der Waals surface area contributed by atoms with Crippen molar-refractivity contribution in [1.82, 2.24) is 0 Å². The summed E-state index contributed by atoms with van der Waals surface area (Å²) in [7, 11) is 0. The largest absolute Gasteiger partial charge is 0.506 e. The summed E-state index contributed by atoms with van der Waals surface area (Å²) in [6, 6.07) is 16.2. The first-order valence-electron chi connectivity index (χ1n) is 4.61. The summed E-state index contributed by atoms with van der Waals surface area (Å²) in [5, 5.41) is 17.4. The molecule has 0 fully saturated rings. The fraction of sp³-hybridized carbons (Fsp3) is 0. The van der Waals surface area contributed by atoms with Crippen LogP contribution in [0, 0.1) is 0 Å². The third-order valence-electron chi connectivity index (χ3n) is 1.91. The first-order valence-corrected chi connectivity index (χ1v) is 4.61. The average molecular weight is 198 g/mol. The van der Waals surface area contributed by atoms with Crippen molar-refractivity contribution in [3.05, 3.63) is 54.6 Å². The monoisotopic (exact) mass is 198 g/mol. The molecule has 0 aromatic heterocycles. The first-order chi connectivity index (χ1) is 7.36. The highest BCUT2D eigenvalue weighted by atomic mass is 16.3. The topological polar surface area (TPSA) is 45.0 Å². The summed E-state index contributed by atoms with van der Waals surface area (Å²) in [5.74, 6) is 0.136. The summed E-state index contributed by atoms with van der Waals surface area (Å²) in [4.78, 5) is 0. The van der Waals surface area contributed by atoms with E-state index in [-0.39, 0.29) is 5.75 Å². The van der Waals surface area contributed by atoms with E-state index in [1.54, 1.807) is 24.3 Å². The van der Waals surface area contributed by atoms with E-state index in [4.69, 9.17) is 0 Å². The van der Waals surface area contributed by atoms with E-state index in [9.17, 15) is 5.11 Å². The second-order valence-corrected chi connectivity index (χ2v) is 3.02. The lowest BCUT2D eigenvalue weighted by Crippen LogP contribution is -1.66. The number of rotatable bonds is 2. The van der Waals surface area contributed by atoms with Crippen molar-refractivity contribution in [1.29, 1.82) is 0 Å². The number of nitrogens with zero attached hydrogens (tertiary/aromatic N) is 2. The number of phenols is 1. The SMILES string of the molecule is Oc1ccccc1/N=N/c1ccccc1. The van der Waals surface area contributed by atoms with Gasteiger partial charge in [0.1, 0.15) is 11.4 Å². The van der Waals surface area contributed by atoms with Gasteiger partial charge in [0, 0.05) is 0 Å². The third-order valence-corrected chi connectivity index (χ3v) is 1.91. The number of hydrogen-bond acceptors (Lipinski definition) is 3. The molecule has 2 aromatic rings. The van der Waals surface area contributed by atoms with Crippen LogP contribution in [0.25, 0.3) is 0 Å². The van der Waals surface area contributed by atoms with Crippen LogP contribution >= 0.6 is 0 Å². The normalized spacial score (nSPS) is 10.7. The summed E-state index contributed by atoms with van der Waals surface area (Å²) in [6.45, 7) is 0. The standard InChI is InChI=1S/C12H10N2O/c15-12-9-5-4-8-11(12)14-13-10-6-2-1-3-7-10/h1-9,15H/b14-13+. The Bertz CT molecular complexity index is 466. The molecular formula is C12H10N2O. The van der Waals surface area contributed by atoms with Crippen LogP contribution in [-0.2, 0) is 0 Å². The average Bonchev–Trinajstić information content (AvgIpc) is 2.29. The van der Waals surface area contributed by atoms with Crippen LogP contribution in [0.4, 0.5) is 11.4 Å². The maximum absolute atomic E-state index is 9.43. The number of para-hydroxylation sites is 1. The molecule has 15 heavy (non-hydrogen) atoms. The number of hydrogen-bond donors (Lipinski definition) is 1. The predicted molar refractivity (Wildman–Crippen MR) is 58.7 cm³/mol. The third kappa shape index (κ3) is 2.40. The molecule has 0 saturated carbocycles. The van der Waals surface area contributed by atoms with Crippen molar-refractivity contribution in [2.24, 2.45) is 10.2 Å². The Labute approximate surface area is 87.7 Å². The van der Waals surface area contributed by atoms with E-state index in [0.29, 0.717) is 5.69 Å². The minimum absolute atomic E-state index is 0.136. The van der Waals surface area contributed by atoms with Crippen LogP contribution in [0.3, 0.4) is 0 Å². The number of azo groups is 1. The molecule has 3 heteroatoms. The van der Waals surface area contributed by atoms with Gasteiger partial charge in [-0.05, 0) is 24.3 Å². The van der Waals surface area contributed by atoms with Gasteiger partial charge in [-0.2, -0.15) is 5.11 Å². The molecule has 0 amide bonds. The Morgan fingerprint density at radius 3 is 2.13 bits per heavy atom. The molecule has 0 atom stereocenters. The summed E-state index contributed by atoms with van der Waals surface area (Å²) in [6.07, 6.45) is 0. The van der Waals surface area contributed by atoms with Crippen molar-refractivity contribution in [3.8, 4) is 5.75 Å². The smallest absolute Gasteiger partial charge is 0.143 e. The van der Waals surface area contributed by atoms with Crippen molar-refractivity contribution in [2.75, 3.05) is 0 Å². The Morgan fingerprint density at radius 2 is 1.40 bits per heavy atom. The second kappa shape index (κ2) is 4.37. The highest BCUT2D eigenvalue weighted by Crippen LogP contribution is 2.26. The van der Waals surface area contributed by atoms with Gasteiger partial charge >= 0.3 is 0 Å². The molecule has 2 aromatic carbocycles. The molecule has 0 spiro atoms. The zero-order chi connectivity index (χ0) is 10.5. The number of aromatic hydroxyl groups is 1. The van der Waals surface area contributed by atoms with Gasteiger partial charge in [0.05, 0.1) is 5.69 Å². The highest BCUT2D eigenvalue weighted by Gasteiger charge is 1.95. The molecule has 0 bridgehead atoms. The van der Waals surface area contributed by atoms with E-state index in [0.717, 1.165) is 5.69 Å². The lowest BCUT2D eigenvalue weighted by Gasteiger charge is -1.95. The van der Waals surface area contributed by atoms with Crippen molar-refractivity contribution in [3.63, 3.8) is 0 Å². The zero-order valence-corrected chi connectivity index (χ0v) is 8.04. The van der Waals surface area contributed by atoms with Crippen LogP contribution in [0.2, 0.25) is 0 Å². The van der Waals surface area contributed by atoms with Gasteiger partial charge in [0.25, 0.3) is 0 Å². The molecule has 0 aliphatic rings. The molecule has 0 aliphatic carbocycles. The Kier molecular flexibility index (Phi) is 2.74. The fourth-order valence-electron chi connectivity index (χ4n) is 1.15. The summed E-state index contributed by atoms with van der Waals surface area (Å²) < 4.78 is 0. The maximum atomic E-state index is 9.43. The Hall–Kier alpha value is -2.16. The van der Waals surface area contributed by atoms with Crippen LogP contribution in [-0.4, -0.2) is 5.11 Å². The van der Waals surface area contributed by atoms with Crippen LogP contribution in [0.1, 0.15) is 0 Å². The van der Waals surface area contributed by atoms with Gasteiger partial charge in [-0.1, -0.05) is 30.3 Å². The first kappa shape index (κ1) is 9.40. The van der Waals surface area contributed by atoms with E-state index in [1.165, 1.54) is 0 Å². The minimum atomic E-state index is 0.136. The van der Waals surface area contributed by atoms with Crippen LogP contribution in [0.15, 0.2) is 64.8 Å². The van der Waals surface area contributed by atoms with Gasteiger partial charge in [0.15, 0.2) is 0 Å². The molecule has 3 nitrogen and oxygen atoms in total. The lowest BCUT2D eigenvalue weighted by atomic mass is 10.3. The van der Waals surface area contributed by atoms with Crippen LogP contribution < -0.4 is 0 Å². The predicted octanol–water partition coefficient (Wildman–Crippen LogP) is 3.81. The Morgan fingerprint density at radius 1 is 0.733 bits per heavy atom. The molecule has 0 radical (unpaired) electrons. The zero-order valence-electron chi connectivity index (χ0n) is 8.04. The van der Waals surface area contributed by atoms with E-state index in [1.807, 2.05) is 30.3 Å². The Balaban J connectivity index is 2.23. The number of phenolic OH excluding ortho intramolecular Hbond substituents is 1.